The Bertz CT molecular complexity index is 308. The molecule has 1 unspecified atom stereocenters. The van der Waals surface area contributed by atoms with Gasteiger partial charge in [-0.25, -0.2) is 11.0 Å². The average molecular weight is 249 g/mol. The van der Waals surface area contributed by atoms with Crippen molar-refractivity contribution in [3.63, 3.8) is 0 Å². The number of carbonyl (C=O) groups is 3. The molecule has 0 aliphatic heterocycles. The topological polar surface area (TPSA) is 151 Å². The average Bonchev–Trinajstić information content (AvgIpc) is 2.34. The first-order valence-corrected chi connectivity index (χ1v) is 4.69. The van der Waals surface area contributed by atoms with Gasteiger partial charge < -0.3 is 10.5 Å². The highest BCUT2D eigenvalue weighted by Gasteiger charge is 2.37. The molecule has 98 valence electrons. The highest BCUT2D eigenvalue weighted by molar-refractivity contribution is 5.87. The van der Waals surface area contributed by atoms with E-state index in [1.165, 1.54) is 17.9 Å². The lowest BCUT2D eigenvalue weighted by Crippen LogP contribution is -2.48. The van der Waals surface area contributed by atoms with Gasteiger partial charge in [0.25, 0.3) is 5.91 Å². The molecular formula is C8H15N3O6. The van der Waals surface area contributed by atoms with Crippen molar-refractivity contribution in [1.82, 2.24) is 11.0 Å². The monoisotopic (exact) mass is 249 g/mol. The summed E-state index contributed by atoms with van der Waals surface area (Å²) in [5, 5.41) is 16.8. The maximum Gasteiger partial charge on any atom is 0.320 e. The van der Waals surface area contributed by atoms with Gasteiger partial charge in [-0.2, -0.15) is 0 Å². The molecule has 0 saturated heterocycles. The fourth-order valence-electron chi connectivity index (χ4n) is 1.03. The lowest BCUT2D eigenvalue weighted by atomic mass is 9.98. The first kappa shape index (κ1) is 15.3. The van der Waals surface area contributed by atoms with E-state index in [2.05, 4.69) is 0 Å². The van der Waals surface area contributed by atoms with Gasteiger partial charge in [0.1, 0.15) is 0 Å². The molecule has 0 radical (unpaired) electrons. The van der Waals surface area contributed by atoms with Crippen LogP contribution in [-0.4, -0.2) is 40.3 Å². The quantitative estimate of drug-likeness (QED) is 0.208. The molecule has 0 aromatic carbocycles. The third-order valence-corrected chi connectivity index (χ3v) is 2.04. The van der Waals surface area contributed by atoms with Gasteiger partial charge in [-0.05, 0) is 6.92 Å². The molecule has 0 spiro atoms. The van der Waals surface area contributed by atoms with E-state index in [1.807, 2.05) is 0 Å². The Balaban J connectivity index is 4.66. The number of nitrogens with one attached hydrogen (secondary N) is 2. The van der Waals surface area contributed by atoms with Gasteiger partial charge in [0.2, 0.25) is 5.91 Å². The molecule has 0 rings (SSSR count). The molecular weight excluding hydrogens is 234 g/mol. The van der Waals surface area contributed by atoms with Crippen LogP contribution in [0.5, 0.6) is 0 Å². The minimum absolute atomic E-state index is 0.225. The van der Waals surface area contributed by atoms with E-state index >= 15 is 0 Å². The van der Waals surface area contributed by atoms with Crippen molar-refractivity contribution >= 4 is 17.8 Å². The van der Waals surface area contributed by atoms with Crippen LogP contribution in [0.3, 0.4) is 0 Å². The number of hydroxylamine groups is 2. The normalized spacial score (nSPS) is 13.4. The van der Waals surface area contributed by atoms with Crippen LogP contribution in [-0.2, 0) is 19.1 Å². The predicted molar refractivity (Wildman–Crippen MR) is 52.6 cm³/mol. The largest absolute Gasteiger partial charge is 0.448 e. The lowest BCUT2D eigenvalue weighted by molar-refractivity contribution is -0.171. The van der Waals surface area contributed by atoms with Crippen molar-refractivity contribution in [2.45, 2.75) is 25.4 Å². The summed E-state index contributed by atoms with van der Waals surface area (Å²) in [4.78, 5) is 33.1. The van der Waals surface area contributed by atoms with E-state index in [-0.39, 0.29) is 12.8 Å². The molecule has 0 heterocycles. The third kappa shape index (κ3) is 4.76. The highest BCUT2D eigenvalue weighted by Crippen LogP contribution is 2.18. The van der Waals surface area contributed by atoms with E-state index in [4.69, 9.17) is 20.9 Å². The van der Waals surface area contributed by atoms with Crippen LogP contribution in [0.1, 0.15) is 19.8 Å². The summed E-state index contributed by atoms with van der Waals surface area (Å²) in [6.07, 6.45) is -0.504. The van der Waals surface area contributed by atoms with Crippen molar-refractivity contribution in [3.8, 4) is 0 Å². The zero-order chi connectivity index (χ0) is 13.5. The van der Waals surface area contributed by atoms with Crippen molar-refractivity contribution in [3.05, 3.63) is 0 Å². The molecule has 0 aromatic heterocycles. The molecule has 1 atom stereocenters. The maximum atomic E-state index is 11.3. The van der Waals surface area contributed by atoms with E-state index in [0.717, 1.165) is 0 Å². The molecule has 0 aromatic rings. The van der Waals surface area contributed by atoms with E-state index in [0.29, 0.717) is 0 Å². The van der Waals surface area contributed by atoms with Gasteiger partial charge in [0.05, 0.1) is 6.54 Å². The SMILES string of the molecule is CC(CCC(=O)NO)(OC(=O)CN)C(=O)NO. The molecule has 0 saturated carbocycles. The number of rotatable bonds is 6. The Morgan fingerprint density at radius 1 is 1.29 bits per heavy atom. The molecule has 0 aliphatic rings. The van der Waals surface area contributed by atoms with Crippen LogP contribution < -0.4 is 16.7 Å². The summed E-state index contributed by atoms with van der Waals surface area (Å²) in [7, 11) is 0. The molecule has 0 fully saturated rings. The molecule has 17 heavy (non-hydrogen) atoms. The number of carbonyl (C=O) groups excluding carboxylic acids is 3. The summed E-state index contributed by atoms with van der Waals surface area (Å²) in [5.41, 5.74) is 5.97. The minimum Gasteiger partial charge on any atom is -0.448 e. The molecule has 2 amide bonds. The lowest BCUT2D eigenvalue weighted by Gasteiger charge is -2.26. The fourth-order valence-corrected chi connectivity index (χ4v) is 1.03. The number of hydrogen-bond acceptors (Lipinski definition) is 7. The fraction of sp³-hybridized carbons (Fsp3) is 0.625. The van der Waals surface area contributed by atoms with E-state index < -0.39 is 29.9 Å². The van der Waals surface area contributed by atoms with Gasteiger partial charge in [-0.15, -0.1) is 0 Å². The standard InChI is InChI=1S/C8H15N3O6/c1-8(7(14)11-16,17-6(13)4-9)3-2-5(12)10-15/h15-16H,2-4,9H2,1H3,(H,10,12)(H,11,14). The Labute approximate surface area is 96.8 Å². The molecule has 0 aliphatic carbocycles. The smallest absolute Gasteiger partial charge is 0.320 e. The first-order valence-electron chi connectivity index (χ1n) is 4.69. The van der Waals surface area contributed by atoms with Crippen molar-refractivity contribution in [2.24, 2.45) is 5.73 Å². The van der Waals surface area contributed by atoms with Gasteiger partial charge in [0.15, 0.2) is 5.60 Å². The van der Waals surface area contributed by atoms with Crippen LogP contribution in [0.15, 0.2) is 0 Å². The zero-order valence-corrected chi connectivity index (χ0v) is 9.23. The van der Waals surface area contributed by atoms with Crippen LogP contribution in [0.25, 0.3) is 0 Å². The summed E-state index contributed by atoms with van der Waals surface area (Å²) in [6, 6.07) is 0. The van der Waals surface area contributed by atoms with Gasteiger partial charge in [0, 0.05) is 12.8 Å². The number of amides is 2. The van der Waals surface area contributed by atoms with Crippen molar-refractivity contribution in [2.75, 3.05) is 6.54 Å². The zero-order valence-electron chi connectivity index (χ0n) is 9.23. The number of nitrogens with two attached hydrogens (primary N) is 1. The van der Waals surface area contributed by atoms with Crippen LogP contribution in [0.4, 0.5) is 0 Å². The maximum absolute atomic E-state index is 11.3. The molecule has 0 bridgehead atoms. The van der Waals surface area contributed by atoms with Gasteiger partial charge >= 0.3 is 5.97 Å². The Hall–Kier alpha value is -1.71. The molecule has 6 N–H and O–H groups in total. The summed E-state index contributed by atoms with van der Waals surface area (Å²) < 4.78 is 4.74. The van der Waals surface area contributed by atoms with Crippen molar-refractivity contribution in [1.29, 1.82) is 0 Å². The molecule has 9 nitrogen and oxygen atoms in total. The second kappa shape index (κ2) is 6.78. The van der Waals surface area contributed by atoms with Crippen molar-refractivity contribution < 1.29 is 29.5 Å². The molecule has 9 heteroatoms. The summed E-state index contributed by atoms with van der Waals surface area (Å²) in [5.74, 6) is -2.61. The van der Waals surface area contributed by atoms with Crippen LogP contribution in [0, 0.1) is 0 Å². The van der Waals surface area contributed by atoms with Gasteiger partial charge in [-0.3, -0.25) is 24.8 Å². The van der Waals surface area contributed by atoms with Crippen LogP contribution >= 0.6 is 0 Å². The Morgan fingerprint density at radius 2 is 1.88 bits per heavy atom. The predicted octanol–water partition coefficient (Wildman–Crippen LogP) is -1.96. The second-order valence-corrected chi connectivity index (χ2v) is 3.38. The minimum atomic E-state index is -1.74. The van der Waals surface area contributed by atoms with Gasteiger partial charge in [-0.1, -0.05) is 0 Å². The highest BCUT2D eigenvalue weighted by atomic mass is 16.6. The number of ether oxygens (including phenoxy) is 1. The third-order valence-electron chi connectivity index (χ3n) is 2.04. The number of esters is 1. The Kier molecular flexibility index (Phi) is 6.10. The first-order chi connectivity index (χ1) is 7.89. The van der Waals surface area contributed by atoms with E-state index in [1.54, 1.807) is 0 Å². The second-order valence-electron chi connectivity index (χ2n) is 3.38. The van der Waals surface area contributed by atoms with E-state index in [9.17, 15) is 14.4 Å². The summed E-state index contributed by atoms with van der Waals surface area (Å²) >= 11 is 0. The number of hydrogen-bond donors (Lipinski definition) is 5. The van der Waals surface area contributed by atoms with Crippen LogP contribution in [0.2, 0.25) is 0 Å². The summed E-state index contributed by atoms with van der Waals surface area (Å²) in [6.45, 7) is 0.761. The Morgan fingerprint density at radius 3 is 2.29 bits per heavy atom.